The number of likely N-dealkylation sites (N-methyl/N-ethyl adjacent to an activating group) is 1. The number of furan rings is 1. The van der Waals surface area contributed by atoms with Crippen molar-refractivity contribution in [2.45, 2.75) is 12.6 Å². The van der Waals surface area contributed by atoms with Gasteiger partial charge in [0.2, 0.25) is 0 Å². The molecular formula is C16H21ClN2O2. The molecule has 2 aromatic rings. The fourth-order valence-electron chi connectivity index (χ4n) is 2.23. The van der Waals surface area contributed by atoms with E-state index in [2.05, 4.69) is 36.4 Å². The molecule has 0 fully saturated rings. The van der Waals surface area contributed by atoms with E-state index in [0.29, 0.717) is 11.8 Å². The summed E-state index contributed by atoms with van der Waals surface area (Å²) in [4.78, 5) is 2.18. The van der Waals surface area contributed by atoms with Crippen LogP contribution in [0.25, 0.3) is 0 Å². The van der Waals surface area contributed by atoms with Crippen LogP contribution in [0.15, 0.2) is 40.8 Å². The quantitative estimate of drug-likeness (QED) is 0.851. The van der Waals surface area contributed by atoms with E-state index < -0.39 is 0 Å². The zero-order chi connectivity index (χ0) is 15.2. The van der Waals surface area contributed by atoms with Gasteiger partial charge in [0, 0.05) is 12.6 Å². The fourth-order valence-corrected chi connectivity index (χ4v) is 2.39. The number of hydrogen-bond acceptors (Lipinski definition) is 4. The number of nitrogens with zero attached hydrogens (tertiary/aromatic N) is 1. The molecule has 0 amide bonds. The third-order valence-electron chi connectivity index (χ3n) is 3.37. The van der Waals surface area contributed by atoms with Crippen LogP contribution in [0, 0.1) is 0 Å². The Morgan fingerprint density at radius 3 is 2.71 bits per heavy atom. The predicted octanol–water partition coefficient (Wildman–Crippen LogP) is 3.33. The van der Waals surface area contributed by atoms with E-state index in [4.69, 9.17) is 20.8 Å². The molecular weight excluding hydrogens is 288 g/mol. The summed E-state index contributed by atoms with van der Waals surface area (Å²) in [5.74, 6) is 1.71. The minimum atomic E-state index is 0.255. The first-order valence-electron chi connectivity index (χ1n) is 6.85. The van der Waals surface area contributed by atoms with Crippen molar-refractivity contribution in [2.75, 3.05) is 27.7 Å². The van der Waals surface area contributed by atoms with Crippen LogP contribution in [0.4, 0.5) is 0 Å². The standard InChI is InChI=1S/C16H21ClN2O2/c1-19(2)15(12-5-4-6-13(9-12)20-3)11-18-10-14-7-8-16(17)21-14/h4-9,15,18H,10-11H2,1-3H3. The van der Waals surface area contributed by atoms with Crippen LogP contribution in [0.2, 0.25) is 5.22 Å². The maximum atomic E-state index is 5.77. The van der Waals surface area contributed by atoms with Gasteiger partial charge in [-0.3, -0.25) is 0 Å². The lowest BCUT2D eigenvalue weighted by Crippen LogP contribution is -2.30. The maximum absolute atomic E-state index is 5.77. The Labute approximate surface area is 130 Å². The molecule has 1 aromatic heterocycles. The van der Waals surface area contributed by atoms with E-state index in [1.54, 1.807) is 13.2 Å². The van der Waals surface area contributed by atoms with Gasteiger partial charge < -0.3 is 19.4 Å². The second kappa shape index (κ2) is 7.50. The number of nitrogens with one attached hydrogen (secondary N) is 1. The zero-order valence-corrected chi connectivity index (χ0v) is 13.4. The Bertz CT molecular complexity index is 569. The number of benzene rings is 1. The molecule has 114 valence electrons. The summed E-state index contributed by atoms with van der Waals surface area (Å²) in [5, 5.41) is 3.82. The molecule has 2 rings (SSSR count). The zero-order valence-electron chi connectivity index (χ0n) is 12.6. The highest BCUT2D eigenvalue weighted by molar-refractivity contribution is 6.28. The van der Waals surface area contributed by atoms with Crippen molar-refractivity contribution in [3.63, 3.8) is 0 Å². The number of hydrogen-bond donors (Lipinski definition) is 1. The molecule has 0 aliphatic rings. The van der Waals surface area contributed by atoms with Gasteiger partial charge in [0.05, 0.1) is 13.7 Å². The second-order valence-corrected chi connectivity index (χ2v) is 5.47. The molecule has 1 atom stereocenters. The summed E-state index contributed by atoms with van der Waals surface area (Å²) < 4.78 is 10.6. The number of ether oxygens (including phenoxy) is 1. The Kier molecular flexibility index (Phi) is 5.67. The molecule has 0 saturated carbocycles. The summed E-state index contributed by atoms with van der Waals surface area (Å²) in [7, 11) is 5.81. The van der Waals surface area contributed by atoms with Gasteiger partial charge in [0.15, 0.2) is 5.22 Å². The molecule has 1 unspecified atom stereocenters. The highest BCUT2D eigenvalue weighted by atomic mass is 35.5. The van der Waals surface area contributed by atoms with Gasteiger partial charge in [0.25, 0.3) is 0 Å². The van der Waals surface area contributed by atoms with Crippen LogP contribution in [0.3, 0.4) is 0 Å². The minimum absolute atomic E-state index is 0.255. The molecule has 0 radical (unpaired) electrons. The van der Waals surface area contributed by atoms with Crippen molar-refractivity contribution in [1.82, 2.24) is 10.2 Å². The molecule has 4 nitrogen and oxygen atoms in total. The fraction of sp³-hybridized carbons (Fsp3) is 0.375. The normalized spacial score (nSPS) is 12.6. The minimum Gasteiger partial charge on any atom is -0.497 e. The van der Waals surface area contributed by atoms with E-state index in [-0.39, 0.29) is 6.04 Å². The van der Waals surface area contributed by atoms with Gasteiger partial charge in [-0.25, -0.2) is 0 Å². The second-order valence-electron chi connectivity index (χ2n) is 5.09. The molecule has 0 aliphatic heterocycles. The first kappa shape index (κ1) is 15.9. The van der Waals surface area contributed by atoms with Crippen LogP contribution in [-0.4, -0.2) is 32.6 Å². The first-order chi connectivity index (χ1) is 10.1. The smallest absolute Gasteiger partial charge is 0.193 e. The van der Waals surface area contributed by atoms with Crippen LogP contribution in [0.5, 0.6) is 5.75 Å². The van der Waals surface area contributed by atoms with Crippen molar-refractivity contribution in [3.8, 4) is 5.75 Å². The average molecular weight is 309 g/mol. The highest BCUT2D eigenvalue weighted by Crippen LogP contribution is 2.22. The van der Waals surface area contributed by atoms with Gasteiger partial charge in [-0.15, -0.1) is 0 Å². The summed E-state index contributed by atoms with van der Waals surface area (Å²) in [5.41, 5.74) is 1.21. The molecule has 1 N–H and O–H groups in total. The van der Waals surface area contributed by atoms with Gasteiger partial charge in [-0.05, 0) is 55.5 Å². The monoisotopic (exact) mass is 308 g/mol. The molecule has 0 spiro atoms. The van der Waals surface area contributed by atoms with E-state index in [1.807, 2.05) is 18.2 Å². The van der Waals surface area contributed by atoms with Gasteiger partial charge in [-0.2, -0.15) is 0 Å². The van der Waals surface area contributed by atoms with E-state index in [1.165, 1.54) is 5.56 Å². The Balaban J connectivity index is 1.98. The summed E-state index contributed by atoms with van der Waals surface area (Å²) in [6.45, 7) is 1.46. The van der Waals surface area contributed by atoms with Gasteiger partial charge in [-0.1, -0.05) is 12.1 Å². The molecule has 1 aromatic carbocycles. The predicted molar refractivity (Wildman–Crippen MR) is 84.8 cm³/mol. The first-order valence-corrected chi connectivity index (χ1v) is 7.23. The summed E-state index contributed by atoms with van der Waals surface area (Å²) in [6.07, 6.45) is 0. The van der Waals surface area contributed by atoms with Crippen molar-refractivity contribution >= 4 is 11.6 Å². The lowest BCUT2D eigenvalue weighted by Gasteiger charge is -2.25. The third-order valence-corrected chi connectivity index (χ3v) is 3.57. The Morgan fingerprint density at radius 2 is 2.10 bits per heavy atom. The topological polar surface area (TPSA) is 37.6 Å². The van der Waals surface area contributed by atoms with Crippen molar-refractivity contribution in [1.29, 1.82) is 0 Å². The van der Waals surface area contributed by atoms with Crippen molar-refractivity contribution in [3.05, 3.63) is 52.9 Å². The van der Waals surface area contributed by atoms with Gasteiger partial charge in [0.1, 0.15) is 11.5 Å². The lowest BCUT2D eigenvalue weighted by atomic mass is 10.1. The van der Waals surface area contributed by atoms with E-state index in [0.717, 1.165) is 18.1 Å². The maximum Gasteiger partial charge on any atom is 0.193 e. The molecule has 0 aliphatic carbocycles. The van der Waals surface area contributed by atoms with E-state index in [9.17, 15) is 0 Å². The van der Waals surface area contributed by atoms with Crippen molar-refractivity contribution < 1.29 is 9.15 Å². The SMILES string of the molecule is COc1cccc(C(CNCc2ccc(Cl)o2)N(C)C)c1. The number of halogens is 1. The van der Waals surface area contributed by atoms with E-state index >= 15 is 0 Å². The van der Waals surface area contributed by atoms with Crippen LogP contribution in [-0.2, 0) is 6.54 Å². The summed E-state index contributed by atoms with van der Waals surface area (Å²) in [6, 6.07) is 12.0. The van der Waals surface area contributed by atoms with Crippen LogP contribution >= 0.6 is 11.6 Å². The molecule has 1 heterocycles. The third kappa shape index (κ3) is 4.49. The van der Waals surface area contributed by atoms with Crippen LogP contribution in [0.1, 0.15) is 17.4 Å². The Hall–Kier alpha value is -1.49. The molecule has 21 heavy (non-hydrogen) atoms. The number of rotatable bonds is 7. The lowest BCUT2D eigenvalue weighted by molar-refractivity contribution is 0.284. The Morgan fingerprint density at radius 1 is 1.29 bits per heavy atom. The molecule has 0 saturated heterocycles. The average Bonchev–Trinajstić information content (AvgIpc) is 2.89. The molecule has 0 bridgehead atoms. The largest absolute Gasteiger partial charge is 0.497 e. The molecule has 5 heteroatoms. The van der Waals surface area contributed by atoms with Crippen molar-refractivity contribution in [2.24, 2.45) is 0 Å². The van der Waals surface area contributed by atoms with Crippen LogP contribution < -0.4 is 10.1 Å². The summed E-state index contributed by atoms with van der Waals surface area (Å²) >= 11 is 5.77. The highest BCUT2D eigenvalue weighted by Gasteiger charge is 2.14. The number of methoxy groups -OCH3 is 1. The van der Waals surface area contributed by atoms with Gasteiger partial charge >= 0.3 is 0 Å².